The van der Waals surface area contributed by atoms with Gasteiger partial charge < -0.3 is 15.7 Å². The largest absolute Gasteiger partial charge is 0.478 e. The van der Waals surface area contributed by atoms with Crippen LogP contribution in [-0.2, 0) is 17.8 Å². The van der Waals surface area contributed by atoms with Crippen LogP contribution in [0.5, 0.6) is 0 Å². The van der Waals surface area contributed by atoms with Gasteiger partial charge in [-0.05, 0) is 42.6 Å². The van der Waals surface area contributed by atoms with Crippen molar-refractivity contribution in [2.75, 3.05) is 13.1 Å². The Labute approximate surface area is 118 Å². The summed E-state index contributed by atoms with van der Waals surface area (Å²) < 4.78 is 0. The molecular weight excluding hydrogens is 256 g/mol. The van der Waals surface area contributed by atoms with E-state index in [1.165, 1.54) is 0 Å². The Kier molecular flexibility index (Phi) is 4.39. The zero-order valence-electron chi connectivity index (χ0n) is 11.6. The fourth-order valence-electron chi connectivity index (χ4n) is 2.56. The number of aromatic carboxylic acids is 1. The second-order valence-corrected chi connectivity index (χ2v) is 5.28. The second kappa shape index (κ2) is 6.05. The molecule has 0 saturated heterocycles. The predicted octanol–water partition coefficient (Wildman–Crippen LogP) is 1.25. The lowest BCUT2D eigenvalue weighted by Crippen LogP contribution is -2.39. The molecule has 1 atom stereocenters. The molecule has 1 aromatic rings. The molecule has 3 N–H and O–H groups in total. The number of benzene rings is 1. The maximum absolute atomic E-state index is 12.3. The van der Waals surface area contributed by atoms with Gasteiger partial charge in [0, 0.05) is 19.0 Å². The molecule has 1 heterocycles. The molecule has 5 heteroatoms. The van der Waals surface area contributed by atoms with Crippen molar-refractivity contribution in [1.82, 2.24) is 4.90 Å². The van der Waals surface area contributed by atoms with E-state index >= 15 is 0 Å². The summed E-state index contributed by atoms with van der Waals surface area (Å²) in [6.45, 7) is 3.57. The first-order valence-electron chi connectivity index (χ1n) is 6.87. The van der Waals surface area contributed by atoms with Gasteiger partial charge in [0.2, 0.25) is 5.91 Å². The number of nitrogens with two attached hydrogens (primary N) is 1. The summed E-state index contributed by atoms with van der Waals surface area (Å²) in [6.07, 6.45) is 1.45. The molecule has 0 spiro atoms. The highest BCUT2D eigenvalue weighted by molar-refractivity contribution is 5.88. The fraction of sp³-hybridized carbons (Fsp3) is 0.467. The molecule has 0 radical (unpaired) electrons. The van der Waals surface area contributed by atoms with Gasteiger partial charge in [-0.2, -0.15) is 0 Å². The first-order chi connectivity index (χ1) is 9.52. The highest BCUT2D eigenvalue weighted by Crippen LogP contribution is 2.22. The number of carboxylic acid groups (broad SMARTS) is 1. The average Bonchev–Trinajstić information content (AvgIpc) is 2.45. The van der Waals surface area contributed by atoms with Gasteiger partial charge in [-0.3, -0.25) is 4.79 Å². The Hall–Kier alpha value is -1.88. The lowest BCUT2D eigenvalue weighted by Gasteiger charge is -2.31. The van der Waals surface area contributed by atoms with Gasteiger partial charge in [-0.1, -0.05) is 13.0 Å². The SMILES string of the molecule is CC(CCN)C(=O)N1CCc2ccc(C(=O)O)cc2C1. The summed E-state index contributed by atoms with van der Waals surface area (Å²) in [5.41, 5.74) is 7.83. The van der Waals surface area contributed by atoms with Gasteiger partial charge in [0.05, 0.1) is 5.56 Å². The zero-order chi connectivity index (χ0) is 14.7. The first-order valence-corrected chi connectivity index (χ1v) is 6.87. The van der Waals surface area contributed by atoms with Gasteiger partial charge >= 0.3 is 5.97 Å². The van der Waals surface area contributed by atoms with E-state index in [9.17, 15) is 9.59 Å². The van der Waals surface area contributed by atoms with E-state index < -0.39 is 5.97 Å². The van der Waals surface area contributed by atoms with E-state index in [4.69, 9.17) is 10.8 Å². The minimum absolute atomic E-state index is 0.0794. The minimum Gasteiger partial charge on any atom is -0.478 e. The Bertz CT molecular complexity index is 528. The van der Waals surface area contributed by atoms with Crippen LogP contribution in [0, 0.1) is 5.92 Å². The van der Waals surface area contributed by atoms with Crippen molar-refractivity contribution in [1.29, 1.82) is 0 Å². The van der Waals surface area contributed by atoms with Crippen molar-refractivity contribution in [2.45, 2.75) is 26.3 Å². The third kappa shape index (κ3) is 2.99. The van der Waals surface area contributed by atoms with Crippen molar-refractivity contribution >= 4 is 11.9 Å². The summed E-state index contributed by atoms with van der Waals surface area (Å²) in [7, 11) is 0. The third-order valence-corrected chi connectivity index (χ3v) is 3.80. The van der Waals surface area contributed by atoms with Gasteiger partial charge in [-0.15, -0.1) is 0 Å². The second-order valence-electron chi connectivity index (χ2n) is 5.28. The molecule has 0 bridgehead atoms. The summed E-state index contributed by atoms with van der Waals surface area (Å²) in [6, 6.07) is 5.14. The van der Waals surface area contributed by atoms with Crippen LogP contribution in [0.25, 0.3) is 0 Å². The van der Waals surface area contributed by atoms with Crippen molar-refractivity contribution in [3.05, 3.63) is 34.9 Å². The van der Waals surface area contributed by atoms with Crippen molar-refractivity contribution in [3.8, 4) is 0 Å². The topological polar surface area (TPSA) is 83.6 Å². The summed E-state index contributed by atoms with van der Waals surface area (Å²) in [4.78, 5) is 25.1. The molecule has 5 nitrogen and oxygen atoms in total. The van der Waals surface area contributed by atoms with Crippen LogP contribution in [0.2, 0.25) is 0 Å². The van der Waals surface area contributed by atoms with Gasteiger partial charge in [-0.25, -0.2) is 4.79 Å². The Balaban J connectivity index is 2.15. The Morgan fingerprint density at radius 3 is 2.80 bits per heavy atom. The van der Waals surface area contributed by atoms with Gasteiger partial charge in [0.25, 0.3) is 0 Å². The molecule has 1 unspecified atom stereocenters. The number of hydrogen-bond donors (Lipinski definition) is 2. The van der Waals surface area contributed by atoms with Crippen molar-refractivity contribution < 1.29 is 14.7 Å². The monoisotopic (exact) mass is 276 g/mol. The predicted molar refractivity (Wildman–Crippen MR) is 75.4 cm³/mol. The molecule has 2 rings (SSSR count). The number of rotatable bonds is 4. The highest BCUT2D eigenvalue weighted by Gasteiger charge is 2.24. The van der Waals surface area contributed by atoms with Crippen molar-refractivity contribution in [3.63, 3.8) is 0 Å². The van der Waals surface area contributed by atoms with E-state index in [1.807, 2.05) is 13.0 Å². The highest BCUT2D eigenvalue weighted by atomic mass is 16.4. The first kappa shape index (κ1) is 14.5. The lowest BCUT2D eigenvalue weighted by atomic mass is 9.96. The van der Waals surface area contributed by atoms with Crippen LogP contribution >= 0.6 is 0 Å². The quantitative estimate of drug-likeness (QED) is 0.867. The standard InChI is InChI=1S/C15H20N2O3/c1-10(4-6-16)14(18)17-7-5-11-2-3-12(15(19)20)8-13(11)9-17/h2-3,8,10H,4-7,9,16H2,1H3,(H,19,20). The molecule has 0 aromatic heterocycles. The van der Waals surface area contributed by atoms with Gasteiger partial charge in [0.1, 0.15) is 0 Å². The lowest BCUT2D eigenvalue weighted by molar-refractivity contribution is -0.136. The maximum Gasteiger partial charge on any atom is 0.335 e. The Morgan fingerprint density at radius 2 is 2.15 bits per heavy atom. The van der Waals surface area contributed by atoms with E-state index in [2.05, 4.69) is 0 Å². The molecule has 0 saturated carbocycles. The molecule has 0 fully saturated rings. The van der Waals surface area contributed by atoms with Crippen LogP contribution in [-0.4, -0.2) is 35.0 Å². The van der Waals surface area contributed by atoms with E-state index in [0.29, 0.717) is 26.1 Å². The van der Waals surface area contributed by atoms with Crippen LogP contribution in [0.1, 0.15) is 34.8 Å². The molecule has 108 valence electrons. The maximum atomic E-state index is 12.3. The van der Waals surface area contributed by atoms with E-state index in [-0.39, 0.29) is 17.4 Å². The Morgan fingerprint density at radius 1 is 1.40 bits per heavy atom. The molecular formula is C15H20N2O3. The molecule has 0 aliphatic carbocycles. The molecule has 20 heavy (non-hydrogen) atoms. The number of carbonyl (C=O) groups excluding carboxylic acids is 1. The zero-order valence-corrected chi connectivity index (χ0v) is 11.6. The van der Waals surface area contributed by atoms with Gasteiger partial charge in [0.15, 0.2) is 0 Å². The number of hydrogen-bond acceptors (Lipinski definition) is 3. The van der Waals surface area contributed by atoms with E-state index in [0.717, 1.165) is 17.5 Å². The van der Waals surface area contributed by atoms with Crippen LogP contribution in [0.4, 0.5) is 0 Å². The van der Waals surface area contributed by atoms with Crippen molar-refractivity contribution in [2.24, 2.45) is 11.7 Å². The fourth-order valence-corrected chi connectivity index (χ4v) is 2.56. The smallest absolute Gasteiger partial charge is 0.335 e. The van der Waals surface area contributed by atoms with E-state index in [1.54, 1.807) is 17.0 Å². The average molecular weight is 276 g/mol. The molecule has 1 aliphatic rings. The molecule has 1 aliphatic heterocycles. The third-order valence-electron chi connectivity index (χ3n) is 3.80. The summed E-state index contributed by atoms with van der Waals surface area (Å²) >= 11 is 0. The number of fused-ring (bicyclic) bond motifs is 1. The normalized spacial score (nSPS) is 15.6. The number of carboxylic acids is 1. The molecule has 1 aromatic carbocycles. The minimum atomic E-state index is -0.937. The molecule has 1 amide bonds. The van der Waals surface area contributed by atoms with Crippen LogP contribution in [0.3, 0.4) is 0 Å². The van der Waals surface area contributed by atoms with Crippen LogP contribution in [0.15, 0.2) is 18.2 Å². The number of carbonyl (C=O) groups is 2. The number of nitrogens with zero attached hydrogens (tertiary/aromatic N) is 1. The summed E-state index contributed by atoms with van der Waals surface area (Å²) in [5.74, 6) is -0.918. The number of amides is 1. The van der Waals surface area contributed by atoms with Crippen LogP contribution < -0.4 is 5.73 Å². The summed E-state index contributed by atoms with van der Waals surface area (Å²) in [5, 5.41) is 9.03.